The molecule has 1 heterocycles. The van der Waals surface area contributed by atoms with Crippen LogP contribution in [0.15, 0.2) is 12.3 Å². The third kappa shape index (κ3) is 3.36. The van der Waals surface area contributed by atoms with Crippen LogP contribution in [0.3, 0.4) is 0 Å². The Morgan fingerprint density at radius 2 is 2.07 bits per heavy atom. The van der Waals surface area contributed by atoms with E-state index in [1.54, 1.807) is 6.20 Å². The van der Waals surface area contributed by atoms with Gasteiger partial charge in [-0.2, -0.15) is 4.98 Å². The van der Waals surface area contributed by atoms with Gasteiger partial charge in [0.15, 0.2) is 0 Å². The molecule has 0 saturated heterocycles. The third-order valence-corrected chi connectivity index (χ3v) is 2.12. The average molecular weight is 209 g/mol. The van der Waals surface area contributed by atoms with Gasteiger partial charge in [-0.15, -0.1) is 0 Å². The summed E-state index contributed by atoms with van der Waals surface area (Å²) in [4.78, 5) is 12.6. The maximum atomic E-state index is 5.47. The maximum absolute atomic E-state index is 5.47. The van der Waals surface area contributed by atoms with E-state index >= 15 is 0 Å². The normalized spacial score (nSPS) is 10.1. The summed E-state index contributed by atoms with van der Waals surface area (Å²) in [6, 6.07) is 1.91. The molecule has 1 aromatic heterocycles. The number of hydrogen-bond acceptors (Lipinski definition) is 5. The molecule has 15 heavy (non-hydrogen) atoms. The molecule has 0 aromatic carbocycles. The largest absolute Gasteiger partial charge is 0.359 e. The summed E-state index contributed by atoms with van der Waals surface area (Å²) in [7, 11) is 5.87. The quantitative estimate of drug-likeness (QED) is 0.757. The Hall–Kier alpha value is -1.36. The standard InChI is InChI=1S/C10H19N5/c1-14(2)10-12-7-5-9(13-10)15(3)8-4-6-11/h5,7H,4,6,8,11H2,1-3H3. The summed E-state index contributed by atoms with van der Waals surface area (Å²) < 4.78 is 0. The van der Waals surface area contributed by atoms with Crippen LogP contribution in [0.2, 0.25) is 0 Å². The van der Waals surface area contributed by atoms with Crippen molar-refractivity contribution in [3.63, 3.8) is 0 Å². The molecule has 2 N–H and O–H groups in total. The molecule has 0 radical (unpaired) electrons. The molecule has 1 rings (SSSR count). The van der Waals surface area contributed by atoms with Crippen LogP contribution in [0.1, 0.15) is 6.42 Å². The first-order valence-corrected chi connectivity index (χ1v) is 5.06. The highest BCUT2D eigenvalue weighted by molar-refractivity contribution is 5.42. The second-order valence-corrected chi connectivity index (χ2v) is 3.67. The van der Waals surface area contributed by atoms with E-state index in [4.69, 9.17) is 5.73 Å². The Morgan fingerprint density at radius 3 is 2.67 bits per heavy atom. The van der Waals surface area contributed by atoms with Gasteiger partial charge in [-0.25, -0.2) is 4.98 Å². The molecule has 0 bridgehead atoms. The van der Waals surface area contributed by atoms with Crippen LogP contribution in [-0.2, 0) is 0 Å². The molecule has 0 unspecified atom stereocenters. The summed E-state index contributed by atoms with van der Waals surface area (Å²) in [6.45, 7) is 1.62. The molecule has 84 valence electrons. The van der Waals surface area contributed by atoms with Gasteiger partial charge in [0.1, 0.15) is 5.82 Å². The van der Waals surface area contributed by atoms with Crippen molar-refractivity contribution in [1.82, 2.24) is 9.97 Å². The predicted octanol–water partition coefficient (Wildman–Crippen LogP) is 0.328. The maximum Gasteiger partial charge on any atom is 0.226 e. The fourth-order valence-corrected chi connectivity index (χ4v) is 1.21. The van der Waals surface area contributed by atoms with Gasteiger partial charge in [-0.05, 0) is 19.0 Å². The number of hydrogen-bond donors (Lipinski definition) is 1. The van der Waals surface area contributed by atoms with E-state index in [9.17, 15) is 0 Å². The van der Waals surface area contributed by atoms with Crippen molar-refractivity contribution in [2.24, 2.45) is 5.73 Å². The monoisotopic (exact) mass is 209 g/mol. The minimum Gasteiger partial charge on any atom is -0.359 e. The third-order valence-electron chi connectivity index (χ3n) is 2.12. The zero-order valence-corrected chi connectivity index (χ0v) is 9.64. The number of nitrogens with zero attached hydrogens (tertiary/aromatic N) is 4. The van der Waals surface area contributed by atoms with Crippen molar-refractivity contribution in [1.29, 1.82) is 0 Å². The van der Waals surface area contributed by atoms with E-state index in [1.165, 1.54) is 0 Å². The number of nitrogens with two attached hydrogens (primary N) is 1. The lowest BCUT2D eigenvalue weighted by Crippen LogP contribution is -2.23. The van der Waals surface area contributed by atoms with E-state index in [2.05, 4.69) is 14.9 Å². The Morgan fingerprint density at radius 1 is 1.33 bits per heavy atom. The number of aromatic nitrogens is 2. The SMILES string of the molecule is CN(C)c1nccc(N(C)CCCN)n1. The Kier molecular flexibility index (Phi) is 4.30. The topological polar surface area (TPSA) is 58.3 Å². The van der Waals surface area contributed by atoms with Crippen LogP contribution < -0.4 is 15.5 Å². The van der Waals surface area contributed by atoms with E-state index < -0.39 is 0 Å². The van der Waals surface area contributed by atoms with E-state index in [0.717, 1.165) is 24.7 Å². The van der Waals surface area contributed by atoms with Crippen LogP contribution in [0.25, 0.3) is 0 Å². The summed E-state index contributed by atoms with van der Waals surface area (Å²) >= 11 is 0. The molecule has 0 aliphatic rings. The lowest BCUT2D eigenvalue weighted by molar-refractivity contribution is 0.783. The van der Waals surface area contributed by atoms with Gasteiger partial charge >= 0.3 is 0 Å². The van der Waals surface area contributed by atoms with E-state index in [-0.39, 0.29) is 0 Å². The fraction of sp³-hybridized carbons (Fsp3) is 0.600. The van der Waals surface area contributed by atoms with Crippen molar-refractivity contribution in [2.75, 3.05) is 44.0 Å². The van der Waals surface area contributed by atoms with Crippen molar-refractivity contribution >= 4 is 11.8 Å². The second-order valence-electron chi connectivity index (χ2n) is 3.67. The highest BCUT2D eigenvalue weighted by Crippen LogP contribution is 2.11. The first kappa shape index (κ1) is 11.7. The van der Waals surface area contributed by atoms with Crippen LogP contribution in [0.4, 0.5) is 11.8 Å². The zero-order chi connectivity index (χ0) is 11.3. The molecule has 0 fully saturated rings. The predicted molar refractivity (Wildman–Crippen MR) is 63.3 cm³/mol. The average Bonchev–Trinajstić information content (AvgIpc) is 2.26. The molecule has 0 aliphatic carbocycles. The van der Waals surface area contributed by atoms with Gasteiger partial charge in [0.05, 0.1) is 0 Å². The summed E-state index contributed by atoms with van der Waals surface area (Å²) in [5.41, 5.74) is 5.47. The van der Waals surface area contributed by atoms with Crippen molar-refractivity contribution in [3.05, 3.63) is 12.3 Å². The Labute approximate surface area is 90.9 Å². The molecule has 0 atom stereocenters. The van der Waals surface area contributed by atoms with Gasteiger partial charge in [-0.1, -0.05) is 0 Å². The molecule has 0 spiro atoms. The molecule has 5 nitrogen and oxygen atoms in total. The molecular weight excluding hydrogens is 190 g/mol. The second kappa shape index (κ2) is 5.50. The van der Waals surface area contributed by atoms with Gasteiger partial charge in [0.25, 0.3) is 0 Å². The summed E-state index contributed by atoms with van der Waals surface area (Å²) in [5, 5.41) is 0. The molecule has 5 heteroatoms. The fourth-order valence-electron chi connectivity index (χ4n) is 1.21. The van der Waals surface area contributed by atoms with Gasteiger partial charge < -0.3 is 15.5 Å². The van der Waals surface area contributed by atoms with Crippen LogP contribution in [-0.4, -0.2) is 44.2 Å². The minimum atomic E-state index is 0.704. The van der Waals surface area contributed by atoms with E-state index in [1.807, 2.05) is 32.1 Å². The lowest BCUT2D eigenvalue weighted by Gasteiger charge is -2.19. The van der Waals surface area contributed by atoms with Crippen LogP contribution in [0, 0.1) is 0 Å². The Bertz CT molecular complexity index is 300. The highest BCUT2D eigenvalue weighted by atomic mass is 15.3. The van der Waals surface area contributed by atoms with Gasteiger partial charge in [0, 0.05) is 33.9 Å². The number of rotatable bonds is 5. The molecular formula is C10H19N5. The van der Waals surface area contributed by atoms with Gasteiger partial charge in [-0.3, -0.25) is 0 Å². The van der Waals surface area contributed by atoms with E-state index in [0.29, 0.717) is 6.54 Å². The van der Waals surface area contributed by atoms with Crippen LogP contribution >= 0.6 is 0 Å². The highest BCUT2D eigenvalue weighted by Gasteiger charge is 2.04. The van der Waals surface area contributed by atoms with Crippen LogP contribution in [0.5, 0.6) is 0 Å². The minimum absolute atomic E-state index is 0.704. The first-order chi connectivity index (χ1) is 7.15. The first-order valence-electron chi connectivity index (χ1n) is 5.06. The van der Waals surface area contributed by atoms with Gasteiger partial charge in [0.2, 0.25) is 5.95 Å². The molecule has 0 saturated carbocycles. The van der Waals surface area contributed by atoms with Crippen molar-refractivity contribution in [3.8, 4) is 0 Å². The Balaban J connectivity index is 2.71. The van der Waals surface area contributed by atoms with Crippen molar-refractivity contribution in [2.45, 2.75) is 6.42 Å². The lowest BCUT2D eigenvalue weighted by atomic mass is 10.4. The summed E-state index contributed by atoms with van der Waals surface area (Å²) in [6.07, 6.45) is 2.74. The number of anilines is 2. The zero-order valence-electron chi connectivity index (χ0n) is 9.64. The molecule has 1 aromatic rings. The smallest absolute Gasteiger partial charge is 0.226 e. The van der Waals surface area contributed by atoms with Crippen molar-refractivity contribution < 1.29 is 0 Å². The summed E-state index contributed by atoms with van der Waals surface area (Å²) in [5.74, 6) is 1.66. The molecule has 0 amide bonds. The molecule has 0 aliphatic heterocycles.